The number of hydrogen-bond donors (Lipinski definition) is 1. The van der Waals surface area contributed by atoms with Crippen LogP contribution in [-0.2, 0) is 16.4 Å². The SMILES string of the molecule is CN(CCc1ccncc1)S(=O)(=O)c1cc(N)ccc1Cl. The minimum absolute atomic E-state index is 0.0291. The smallest absolute Gasteiger partial charge is 0.244 e. The Bertz CT molecular complexity index is 720. The van der Waals surface area contributed by atoms with Gasteiger partial charge in [0.2, 0.25) is 10.0 Å². The van der Waals surface area contributed by atoms with Crippen molar-refractivity contribution in [2.45, 2.75) is 11.3 Å². The van der Waals surface area contributed by atoms with E-state index in [9.17, 15) is 8.42 Å². The molecule has 0 aliphatic rings. The molecule has 7 heteroatoms. The summed E-state index contributed by atoms with van der Waals surface area (Å²) in [6.45, 7) is 0.345. The van der Waals surface area contributed by atoms with Gasteiger partial charge in [0, 0.05) is 31.7 Å². The van der Waals surface area contributed by atoms with Gasteiger partial charge < -0.3 is 5.73 Å². The van der Waals surface area contributed by atoms with Gasteiger partial charge in [-0.15, -0.1) is 0 Å². The molecule has 0 spiro atoms. The number of pyridine rings is 1. The van der Waals surface area contributed by atoms with Crippen molar-refractivity contribution in [2.75, 3.05) is 19.3 Å². The van der Waals surface area contributed by atoms with E-state index in [2.05, 4.69) is 4.98 Å². The Labute approximate surface area is 129 Å². The molecule has 0 bridgehead atoms. The fraction of sp³-hybridized carbons (Fsp3) is 0.214. The maximum atomic E-state index is 12.5. The van der Waals surface area contributed by atoms with Crippen molar-refractivity contribution in [2.24, 2.45) is 0 Å². The third kappa shape index (κ3) is 3.72. The van der Waals surface area contributed by atoms with Crippen LogP contribution in [0.5, 0.6) is 0 Å². The first-order chi connectivity index (χ1) is 9.91. The molecule has 0 atom stereocenters. The van der Waals surface area contributed by atoms with E-state index in [1.54, 1.807) is 18.5 Å². The number of nitrogens with two attached hydrogens (primary N) is 1. The second kappa shape index (κ2) is 6.43. The van der Waals surface area contributed by atoms with Crippen molar-refractivity contribution >= 4 is 27.3 Å². The molecule has 0 radical (unpaired) electrons. The molecule has 0 fully saturated rings. The van der Waals surface area contributed by atoms with Crippen LogP contribution in [0.4, 0.5) is 5.69 Å². The van der Waals surface area contributed by atoms with Gasteiger partial charge in [-0.25, -0.2) is 12.7 Å². The molecular weight excluding hydrogens is 310 g/mol. The first-order valence-corrected chi connectivity index (χ1v) is 8.13. The monoisotopic (exact) mass is 325 g/mol. The number of aromatic nitrogens is 1. The van der Waals surface area contributed by atoms with Gasteiger partial charge >= 0.3 is 0 Å². The lowest BCUT2D eigenvalue weighted by molar-refractivity contribution is 0.472. The second-order valence-electron chi connectivity index (χ2n) is 4.62. The lowest BCUT2D eigenvalue weighted by atomic mass is 10.2. The predicted octanol–water partition coefficient (Wildman–Crippen LogP) is 2.18. The minimum atomic E-state index is -3.66. The highest BCUT2D eigenvalue weighted by molar-refractivity contribution is 7.89. The van der Waals surface area contributed by atoms with E-state index in [4.69, 9.17) is 17.3 Å². The quantitative estimate of drug-likeness (QED) is 0.855. The Balaban J connectivity index is 2.17. The van der Waals surface area contributed by atoms with Gasteiger partial charge in [-0.3, -0.25) is 4.98 Å². The lowest BCUT2D eigenvalue weighted by Gasteiger charge is -2.18. The van der Waals surface area contributed by atoms with Gasteiger partial charge in [-0.2, -0.15) is 0 Å². The molecule has 5 nitrogen and oxygen atoms in total. The predicted molar refractivity (Wildman–Crippen MR) is 83.6 cm³/mol. The van der Waals surface area contributed by atoms with Gasteiger partial charge in [0.25, 0.3) is 0 Å². The third-order valence-corrected chi connectivity index (χ3v) is 5.45. The van der Waals surface area contributed by atoms with Crippen LogP contribution >= 0.6 is 11.6 Å². The molecular formula is C14H16ClN3O2S. The summed E-state index contributed by atoms with van der Waals surface area (Å²) >= 11 is 5.97. The van der Waals surface area contributed by atoms with Crippen molar-refractivity contribution in [1.29, 1.82) is 0 Å². The topological polar surface area (TPSA) is 76.3 Å². The summed E-state index contributed by atoms with van der Waals surface area (Å²) in [5.74, 6) is 0. The van der Waals surface area contributed by atoms with Gasteiger partial charge in [0.05, 0.1) is 5.02 Å². The van der Waals surface area contributed by atoms with E-state index in [-0.39, 0.29) is 9.92 Å². The molecule has 0 aliphatic carbocycles. The largest absolute Gasteiger partial charge is 0.399 e. The van der Waals surface area contributed by atoms with Crippen LogP contribution in [0, 0.1) is 0 Å². The molecule has 112 valence electrons. The van der Waals surface area contributed by atoms with Crippen molar-refractivity contribution in [3.8, 4) is 0 Å². The first-order valence-electron chi connectivity index (χ1n) is 6.31. The van der Waals surface area contributed by atoms with E-state index < -0.39 is 10.0 Å². The minimum Gasteiger partial charge on any atom is -0.399 e. The van der Waals surface area contributed by atoms with Crippen molar-refractivity contribution in [3.05, 3.63) is 53.3 Å². The van der Waals surface area contributed by atoms with Crippen LogP contribution in [0.1, 0.15) is 5.56 Å². The van der Waals surface area contributed by atoms with Crippen molar-refractivity contribution in [1.82, 2.24) is 9.29 Å². The van der Waals surface area contributed by atoms with E-state index in [0.29, 0.717) is 18.7 Å². The highest BCUT2D eigenvalue weighted by atomic mass is 35.5. The van der Waals surface area contributed by atoms with Crippen LogP contribution in [-0.4, -0.2) is 31.3 Å². The third-order valence-electron chi connectivity index (χ3n) is 3.11. The highest BCUT2D eigenvalue weighted by Crippen LogP contribution is 2.26. The number of rotatable bonds is 5. The summed E-state index contributed by atoms with van der Waals surface area (Å²) in [5, 5.41) is 0.167. The molecule has 1 aromatic heterocycles. The van der Waals surface area contributed by atoms with E-state index in [0.717, 1.165) is 5.56 Å². The summed E-state index contributed by atoms with van der Waals surface area (Å²) in [6.07, 6.45) is 3.95. The van der Waals surface area contributed by atoms with Crippen LogP contribution in [0.2, 0.25) is 5.02 Å². The Kier molecular flexibility index (Phi) is 4.82. The second-order valence-corrected chi connectivity index (χ2v) is 7.04. The van der Waals surface area contributed by atoms with Crippen LogP contribution < -0.4 is 5.73 Å². The fourth-order valence-corrected chi connectivity index (χ4v) is 3.52. The molecule has 0 aliphatic heterocycles. The van der Waals surface area contributed by atoms with Crippen LogP contribution in [0.3, 0.4) is 0 Å². The normalized spacial score (nSPS) is 11.8. The van der Waals surface area contributed by atoms with E-state index in [1.807, 2.05) is 12.1 Å². The lowest BCUT2D eigenvalue weighted by Crippen LogP contribution is -2.29. The number of sulfonamides is 1. The number of nitrogens with zero attached hydrogens (tertiary/aromatic N) is 2. The summed E-state index contributed by atoms with van der Waals surface area (Å²) in [4.78, 5) is 3.96. The van der Waals surface area contributed by atoms with Crippen LogP contribution in [0.25, 0.3) is 0 Å². The maximum Gasteiger partial charge on any atom is 0.244 e. The average molecular weight is 326 g/mol. The Morgan fingerprint density at radius 1 is 1.24 bits per heavy atom. The number of nitrogen functional groups attached to an aromatic ring is 1. The molecule has 2 aromatic rings. The fourth-order valence-electron chi connectivity index (χ4n) is 1.84. The molecule has 2 rings (SSSR count). The molecule has 21 heavy (non-hydrogen) atoms. The molecule has 2 N–H and O–H groups in total. The zero-order chi connectivity index (χ0) is 15.5. The molecule has 1 heterocycles. The number of halogens is 1. The van der Waals surface area contributed by atoms with Gasteiger partial charge in [-0.1, -0.05) is 11.6 Å². The Morgan fingerprint density at radius 3 is 2.57 bits per heavy atom. The first kappa shape index (κ1) is 15.8. The molecule has 0 unspecified atom stereocenters. The zero-order valence-corrected chi connectivity index (χ0v) is 13.1. The van der Waals surface area contributed by atoms with Crippen LogP contribution in [0.15, 0.2) is 47.6 Å². The van der Waals surface area contributed by atoms with Gasteiger partial charge in [-0.05, 0) is 42.3 Å². The van der Waals surface area contributed by atoms with Gasteiger partial charge in [0.1, 0.15) is 4.90 Å². The summed E-state index contributed by atoms with van der Waals surface area (Å²) in [6, 6.07) is 8.14. The van der Waals surface area contributed by atoms with Crippen molar-refractivity contribution < 1.29 is 8.42 Å². The average Bonchev–Trinajstić information content (AvgIpc) is 2.48. The Hall–Kier alpha value is -1.63. The molecule has 0 saturated heterocycles. The number of likely N-dealkylation sites (N-methyl/N-ethyl adjacent to an activating group) is 1. The number of hydrogen-bond acceptors (Lipinski definition) is 4. The maximum absolute atomic E-state index is 12.5. The Morgan fingerprint density at radius 2 is 1.90 bits per heavy atom. The summed E-state index contributed by atoms with van der Waals surface area (Å²) in [7, 11) is -2.13. The molecule has 1 aromatic carbocycles. The van der Waals surface area contributed by atoms with Crippen molar-refractivity contribution in [3.63, 3.8) is 0 Å². The number of anilines is 1. The summed E-state index contributed by atoms with van der Waals surface area (Å²) < 4.78 is 26.3. The zero-order valence-electron chi connectivity index (χ0n) is 11.5. The van der Waals surface area contributed by atoms with Gasteiger partial charge in [0.15, 0.2) is 0 Å². The molecule has 0 amide bonds. The molecule has 0 saturated carbocycles. The van der Waals surface area contributed by atoms with E-state index in [1.165, 1.54) is 23.5 Å². The standard InChI is InChI=1S/C14H16ClN3O2S/c1-18(9-6-11-4-7-17-8-5-11)21(19,20)14-10-12(16)2-3-13(14)15/h2-5,7-8,10H,6,9,16H2,1H3. The van der Waals surface area contributed by atoms with E-state index >= 15 is 0 Å². The highest BCUT2D eigenvalue weighted by Gasteiger charge is 2.23. The number of benzene rings is 1. The summed E-state index contributed by atoms with van der Waals surface area (Å²) in [5.41, 5.74) is 7.02.